The Bertz CT molecular complexity index is 1340. The van der Waals surface area contributed by atoms with E-state index >= 15 is 0 Å². The predicted octanol–water partition coefficient (Wildman–Crippen LogP) is 6.75. The molecule has 0 fully saturated rings. The van der Waals surface area contributed by atoms with Gasteiger partial charge in [-0.15, -0.1) is 0 Å². The molecule has 0 bridgehead atoms. The Morgan fingerprint density at radius 3 is 2.00 bits per heavy atom. The predicted molar refractivity (Wildman–Crippen MR) is 135 cm³/mol. The van der Waals surface area contributed by atoms with Crippen LogP contribution in [0.5, 0.6) is 16.7 Å². The summed E-state index contributed by atoms with van der Waals surface area (Å²) in [6.07, 6.45) is 1.89. The highest BCUT2D eigenvalue weighted by atomic mass is 32.1. The van der Waals surface area contributed by atoms with Crippen molar-refractivity contribution < 1.29 is 19.1 Å². The largest absolute Gasteiger partial charge is 0.491 e. The van der Waals surface area contributed by atoms with E-state index < -0.39 is 0 Å². The van der Waals surface area contributed by atoms with Crippen LogP contribution < -0.4 is 9.47 Å². The number of carbonyl (C=O) groups excluding carboxylic acids is 2. The Kier molecular flexibility index (Phi) is 6.09. The van der Waals surface area contributed by atoms with E-state index in [0.717, 1.165) is 21.8 Å². The second kappa shape index (κ2) is 9.35. The highest BCUT2D eigenvalue weighted by Crippen LogP contribution is 2.35. The van der Waals surface area contributed by atoms with Crippen molar-refractivity contribution in [1.29, 1.82) is 0 Å². The molecular weight excluding hydrogens is 460 g/mol. The fraction of sp³-hybridized carbons (Fsp3) is 0.179. The summed E-state index contributed by atoms with van der Waals surface area (Å²) in [7, 11) is 0. The van der Waals surface area contributed by atoms with Gasteiger partial charge in [-0.3, -0.25) is 14.5 Å². The first-order valence-electron chi connectivity index (χ1n) is 11.4. The van der Waals surface area contributed by atoms with E-state index in [1.165, 1.54) is 16.2 Å². The molecule has 0 radical (unpaired) electrons. The van der Waals surface area contributed by atoms with Crippen LogP contribution in [-0.4, -0.2) is 27.8 Å². The molecule has 0 saturated heterocycles. The molecule has 1 aliphatic heterocycles. The third-order valence-corrected chi connectivity index (χ3v) is 6.70. The van der Waals surface area contributed by atoms with E-state index in [4.69, 9.17) is 9.47 Å². The van der Waals surface area contributed by atoms with Gasteiger partial charge in [-0.1, -0.05) is 47.7 Å². The number of hydrogen-bond donors (Lipinski definition) is 0. The summed E-state index contributed by atoms with van der Waals surface area (Å²) in [6.45, 7) is 5.84. The van der Waals surface area contributed by atoms with Gasteiger partial charge in [0.25, 0.3) is 17.0 Å². The second-order valence-electron chi connectivity index (χ2n) is 8.55. The van der Waals surface area contributed by atoms with Crippen LogP contribution in [0.3, 0.4) is 0 Å². The van der Waals surface area contributed by atoms with Crippen LogP contribution in [0.15, 0.2) is 79.0 Å². The average Bonchev–Trinajstić information content (AvgIpc) is 3.42. The lowest BCUT2D eigenvalue weighted by molar-refractivity contribution is 0.0595. The van der Waals surface area contributed by atoms with Crippen molar-refractivity contribution in [3.05, 3.63) is 95.7 Å². The zero-order valence-corrected chi connectivity index (χ0v) is 20.4. The summed E-state index contributed by atoms with van der Waals surface area (Å²) in [4.78, 5) is 32.3. The number of carbonyl (C=O) groups is 2. The number of nitrogens with zero attached hydrogens (tertiary/aromatic N) is 2. The molecule has 0 aliphatic carbocycles. The first kappa shape index (κ1) is 22.8. The molecule has 0 saturated carbocycles. The molecule has 7 heteroatoms. The summed E-state index contributed by atoms with van der Waals surface area (Å²) >= 11 is 1.44. The van der Waals surface area contributed by atoms with Crippen molar-refractivity contribution in [3.63, 3.8) is 0 Å². The second-order valence-corrected chi connectivity index (χ2v) is 9.55. The normalized spacial score (nSPS) is 13.8. The van der Waals surface area contributed by atoms with Gasteiger partial charge in [0.05, 0.1) is 28.1 Å². The molecular formula is C28H24N2O4S. The fourth-order valence-electron chi connectivity index (χ4n) is 4.03. The van der Waals surface area contributed by atoms with E-state index in [2.05, 4.69) is 4.98 Å². The minimum absolute atomic E-state index is 0.116. The van der Waals surface area contributed by atoms with Crippen molar-refractivity contribution in [2.45, 2.75) is 32.9 Å². The number of aromatic nitrogens is 1. The Hall–Kier alpha value is -3.97. The number of benzene rings is 3. The Balaban J connectivity index is 1.27. The number of ether oxygens (including phenoxy) is 2. The van der Waals surface area contributed by atoms with Crippen LogP contribution in [0.25, 0.3) is 10.4 Å². The van der Waals surface area contributed by atoms with Crippen molar-refractivity contribution in [2.75, 3.05) is 0 Å². The van der Waals surface area contributed by atoms with E-state index in [0.29, 0.717) is 22.1 Å². The van der Waals surface area contributed by atoms with Gasteiger partial charge in [0.2, 0.25) is 0 Å². The smallest absolute Gasteiger partial charge is 0.279 e. The third kappa shape index (κ3) is 4.55. The van der Waals surface area contributed by atoms with E-state index in [1.54, 1.807) is 30.5 Å². The summed E-state index contributed by atoms with van der Waals surface area (Å²) in [5.74, 6) is 0.972. The minimum Gasteiger partial charge on any atom is -0.491 e. The molecule has 1 unspecified atom stereocenters. The Morgan fingerprint density at radius 2 is 1.40 bits per heavy atom. The standard InChI is InChI=1S/C28H24N2O4S/c1-17(2)33-21-12-14-22(15-13-21)34-28-29-16-25(35-28)20-10-8-19(9-11-20)18(3)30-26(31)23-6-4-5-7-24(23)27(30)32/h4-18H,1-3H3. The molecule has 3 aromatic carbocycles. The maximum Gasteiger partial charge on any atom is 0.279 e. The van der Waals surface area contributed by atoms with E-state index in [9.17, 15) is 9.59 Å². The quantitative estimate of drug-likeness (QED) is 0.272. The Morgan fingerprint density at radius 1 is 0.800 bits per heavy atom. The van der Waals surface area contributed by atoms with Gasteiger partial charge in [-0.2, -0.15) is 0 Å². The number of fused-ring (bicyclic) bond motifs is 1. The molecule has 6 nitrogen and oxygen atoms in total. The number of hydrogen-bond acceptors (Lipinski definition) is 6. The number of rotatable bonds is 7. The molecule has 176 valence electrons. The van der Waals surface area contributed by atoms with Crippen LogP contribution in [0.4, 0.5) is 0 Å². The lowest BCUT2D eigenvalue weighted by Crippen LogP contribution is -2.32. The molecule has 1 aromatic heterocycles. The van der Waals surface area contributed by atoms with Gasteiger partial charge in [-0.05, 0) is 68.3 Å². The van der Waals surface area contributed by atoms with Crippen LogP contribution in [0.2, 0.25) is 0 Å². The van der Waals surface area contributed by atoms with Crippen molar-refractivity contribution in [2.24, 2.45) is 0 Å². The van der Waals surface area contributed by atoms with E-state index in [1.807, 2.05) is 69.3 Å². The lowest BCUT2D eigenvalue weighted by Gasteiger charge is -2.23. The monoisotopic (exact) mass is 484 g/mol. The summed E-state index contributed by atoms with van der Waals surface area (Å²) < 4.78 is 11.6. The van der Waals surface area contributed by atoms with Crippen LogP contribution in [0.1, 0.15) is 53.1 Å². The molecule has 35 heavy (non-hydrogen) atoms. The van der Waals surface area contributed by atoms with Crippen LogP contribution in [0, 0.1) is 0 Å². The van der Waals surface area contributed by atoms with Gasteiger partial charge in [-0.25, -0.2) is 4.98 Å². The number of thiazole rings is 1. The van der Waals surface area contributed by atoms with Gasteiger partial charge >= 0.3 is 0 Å². The van der Waals surface area contributed by atoms with Gasteiger partial charge in [0.1, 0.15) is 11.5 Å². The topological polar surface area (TPSA) is 68.7 Å². The molecule has 4 aromatic rings. The first-order chi connectivity index (χ1) is 16.9. The minimum atomic E-state index is -0.376. The molecule has 2 amide bonds. The molecule has 0 spiro atoms. The summed E-state index contributed by atoms with van der Waals surface area (Å²) in [5.41, 5.74) is 2.78. The lowest BCUT2D eigenvalue weighted by atomic mass is 10.0. The van der Waals surface area contributed by atoms with Crippen molar-refractivity contribution in [1.82, 2.24) is 9.88 Å². The van der Waals surface area contributed by atoms with E-state index in [-0.39, 0.29) is 24.0 Å². The molecule has 1 aliphatic rings. The zero-order valence-electron chi connectivity index (χ0n) is 19.6. The average molecular weight is 485 g/mol. The Labute approximate surface area is 207 Å². The van der Waals surface area contributed by atoms with Gasteiger partial charge in [0, 0.05) is 6.20 Å². The van der Waals surface area contributed by atoms with Crippen molar-refractivity contribution >= 4 is 23.2 Å². The SMILES string of the molecule is CC(C)Oc1ccc(Oc2ncc(-c3ccc(C(C)N4C(=O)c5ccccc5C4=O)cc3)s2)cc1. The molecule has 2 heterocycles. The number of imide groups is 1. The highest BCUT2D eigenvalue weighted by Gasteiger charge is 2.38. The maximum absolute atomic E-state index is 12.8. The molecule has 5 rings (SSSR count). The third-order valence-electron chi connectivity index (χ3n) is 5.78. The maximum atomic E-state index is 12.8. The number of amides is 2. The fourth-order valence-corrected chi connectivity index (χ4v) is 4.82. The highest BCUT2D eigenvalue weighted by molar-refractivity contribution is 7.16. The summed E-state index contributed by atoms with van der Waals surface area (Å²) in [6, 6.07) is 21.9. The summed E-state index contributed by atoms with van der Waals surface area (Å²) in [5, 5.41) is 0.543. The van der Waals surface area contributed by atoms with Gasteiger partial charge in [0.15, 0.2) is 0 Å². The first-order valence-corrected chi connectivity index (χ1v) is 12.2. The van der Waals surface area contributed by atoms with Crippen LogP contribution in [-0.2, 0) is 0 Å². The van der Waals surface area contributed by atoms with Crippen LogP contribution >= 0.6 is 11.3 Å². The zero-order chi connectivity index (χ0) is 24.5. The molecule has 0 N–H and O–H groups in total. The molecule has 1 atom stereocenters. The van der Waals surface area contributed by atoms with Gasteiger partial charge < -0.3 is 9.47 Å². The van der Waals surface area contributed by atoms with Crippen molar-refractivity contribution in [3.8, 4) is 27.1 Å².